The van der Waals surface area contributed by atoms with Gasteiger partial charge in [0.25, 0.3) is 0 Å². The van der Waals surface area contributed by atoms with Gasteiger partial charge in [0.15, 0.2) is 17.1 Å². The van der Waals surface area contributed by atoms with Crippen molar-refractivity contribution >= 4 is 11.8 Å². The molecule has 0 amide bonds. The molecule has 0 aliphatic heterocycles. The fourth-order valence-electron chi connectivity index (χ4n) is 2.54. The average Bonchev–Trinajstić information content (AvgIpc) is 3.06. The van der Waals surface area contributed by atoms with Crippen molar-refractivity contribution in [2.24, 2.45) is 0 Å². The van der Waals surface area contributed by atoms with Crippen molar-refractivity contribution in [1.82, 2.24) is 14.8 Å². The van der Waals surface area contributed by atoms with E-state index in [9.17, 15) is 8.78 Å². The molecule has 7 heteroatoms. The summed E-state index contributed by atoms with van der Waals surface area (Å²) in [4.78, 5) is 0. The second-order valence-corrected chi connectivity index (χ2v) is 6.78. The smallest absolute Gasteiger partial charge is 0.191 e. The van der Waals surface area contributed by atoms with Gasteiger partial charge in [0.1, 0.15) is 17.4 Å². The van der Waals surface area contributed by atoms with Crippen LogP contribution in [-0.4, -0.2) is 14.8 Å². The second-order valence-electron chi connectivity index (χ2n) is 5.83. The third-order valence-corrected chi connectivity index (χ3v) is 4.88. The summed E-state index contributed by atoms with van der Waals surface area (Å²) in [5.74, 6) is 1.03. The number of hydrogen-bond acceptors (Lipinski definition) is 4. The second kappa shape index (κ2) is 8.81. The van der Waals surface area contributed by atoms with E-state index in [2.05, 4.69) is 16.8 Å². The van der Waals surface area contributed by atoms with Crippen LogP contribution in [0, 0.1) is 11.6 Å². The van der Waals surface area contributed by atoms with Crippen LogP contribution >= 0.6 is 11.8 Å². The van der Waals surface area contributed by atoms with Crippen molar-refractivity contribution in [2.45, 2.75) is 30.5 Å². The number of benzene rings is 2. The van der Waals surface area contributed by atoms with Crippen molar-refractivity contribution < 1.29 is 13.5 Å². The average molecular weight is 387 g/mol. The molecule has 0 aliphatic rings. The van der Waals surface area contributed by atoms with E-state index in [1.165, 1.54) is 30.0 Å². The van der Waals surface area contributed by atoms with Crippen LogP contribution in [0.2, 0.25) is 0 Å². The molecule has 0 fully saturated rings. The number of aromatic nitrogens is 3. The van der Waals surface area contributed by atoms with Gasteiger partial charge in [-0.1, -0.05) is 36.0 Å². The van der Waals surface area contributed by atoms with Crippen LogP contribution in [0.4, 0.5) is 8.78 Å². The number of ether oxygens (including phenoxy) is 1. The highest BCUT2D eigenvalue weighted by molar-refractivity contribution is 7.98. The van der Waals surface area contributed by atoms with Crippen molar-refractivity contribution in [2.75, 3.05) is 0 Å². The first-order chi connectivity index (χ1) is 13.1. The summed E-state index contributed by atoms with van der Waals surface area (Å²) in [6.07, 6.45) is 1.34. The number of halogens is 2. The number of allylic oxidation sites excluding steroid dienone is 1. The molecule has 0 bridgehead atoms. The minimum absolute atomic E-state index is 0.243. The van der Waals surface area contributed by atoms with Crippen LogP contribution in [-0.2, 0) is 12.3 Å². The van der Waals surface area contributed by atoms with Gasteiger partial charge >= 0.3 is 0 Å². The van der Waals surface area contributed by atoms with Gasteiger partial charge in [-0.05, 0) is 42.8 Å². The minimum atomic E-state index is -0.397. The predicted octanol–water partition coefficient (Wildman–Crippen LogP) is 5.17. The number of thioether (sulfide) groups is 1. The maximum atomic E-state index is 13.8. The van der Waals surface area contributed by atoms with E-state index >= 15 is 0 Å². The van der Waals surface area contributed by atoms with Crippen molar-refractivity contribution in [3.63, 3.8) is 0 Å². The highest BCUT2D eigenvalue weighted by Gasteiger charge is 2.19. The fourth-order valence-corrected chi connectivity index (χ4v) is 3.48. The first kappa shape index (κ1) is 19.1. The van der Waals surface area contributed by atoms with E-state index in [0.717, 1.165) is 0 Å². The summed E-state index contributed by atoms with van der Waals surface area (Å²) >= 11 is 1.40. The molecule has 0 spiro atoms. The van der Waals surface area contributed by atoms with E-state index in [-0.39, 0.29) is 11.6 Å². The van der Waals surface area contributed by atoms with Gasteiger partial charge in [0.2, 0.25) is 0 Å². The summed E-state index contributed by atoms with van der Waals surface area (Å²) in [6.45, 7) is 6.12. The zero-order valence-corrected chi connectivity index (χ0v) is 15.6. The lowest BCUT2D eigenvalue weighted by Crippen LogP contribution is -2.12. The van der Waals surface area contributed by atoms with Gasteiger partial charge < -0.3 is 4.74 Å². The molecule has 1 atom stereocenters. The molecule has 1 aromatic heterocycles. The monoisotopic (exact) mass is 387 g/mol. The first-order valence-corrected chi connectivity index (χ1v) is 9.39. The fraction of sp³-hybridized carbons (Fsp3) is 0.200. The molecule has 0 N–H and O–H groups in total. The van der Waals surface area contributed by atoms with E-state index in [1.54, 1.807) is 36.4 Å². The number of rotatable bonds is 8. The van der Waals surface area contributed by atoms with Crippen LogP contribution in [0.25, 0.3) is 0 Å². The maximum Gasteiger partial charge on any atom is 0.191 e. The van der Waals surface area contributed by atoms with Gasteiger partial charge in [0.05, 0.1) is 0 Å². The summed E-state index contributed by atoms with van der Waals surface area (Å²) in [7, 11) is 0. The Bertz CT molecular complexity index is 912. The summed E-state index contributed by atoms with van der Waals surface area (Å²) in [5.41, 5.74) is 0.604. The Morgan fingerprint density at radius 1 is 1.15 bits per heavy atom. The third kappa shape index (κ3) is 4.74. The zero-order valence-electron chi connectivity index (χ0n) is 14.8. The van der Waals surface area contributed by atoms with Crippen LogP contribution in [0.5, 0.6) is 5.75 Å². The van der Waals surface area contributed by atoms with E-state index < -0.39 is 6.10 Å². The lowest BCUT2D eigenvalue weighted by Gasteiger charge is -2.15. The summed E-state index contributed by atoms with van der Waals surface area (Å²) in [5, 5.41) is 9.11. The number of nitrogens with zero attached hydrogens (tertiary/aromatic N) is 3. The van der Waals surface area contributed by atoms with Gasteiger partial charge in [-0.15, -0.1) is 16.8 Å². The Hall–Kier alpha value is -2.67. The minimum Gasteiger partial charge on any atom is -0.483 e. The molecule has 140 valence electrons. The Kier molecular flexibility index (Phi) is 6.24. The topological polar surface area (TPSA) is 39.9 Å². The summed E-state index contributed by atoms with van der Waals surface area (Å²) < 4.78 is 34.6. The van der Waals surface area contributed by atoms with Gasteiger partial charge in [-0.2, -0.15) is 0 Å². The SMILES string of the molecule is C=CCn1c(SCc2ccccc2F)nnc1C(C)Oc1ccc(F)cc1. The van der Waals surface area contributed by atoms with E-state index in [4.69, 9.17) is 4.74 Å². The van der Waals surface area contributed by atoms with Crippen LogP contribution < -0.4 is 4.74 Å². The van der Waals surface area contributed by atoms with Crippen LogP contribution in [0.15, 0.2) is 66.3 Å². The summed E-state index contributed by atoms with van der Waals surface area (Å²) in [6, 6.07) is 12.5. The standard InChI is InChI=1S/C20H19F2N3OS/c1-3-12-25-19(14(2)26-17-10-8-16(21)9-11-17)23-24-20(25)27-13-15-6-4-5-7-18(15)22/h3-11,14H,1,12-13H2,2H3. The third-order valence-electron chi connectivity index (χ3n) is 3.86. The molecule has 2 aromatic carbocycles. The molecule has 3 rings (SSSR count). The lowest BCUT2D eigenvalue weighted by atomic mass is 10.2. The van der Waals surface area contributed by atoms with Crippen LogP contribution in [0.3, 0.4) is 0 Å². The van der Waals surface area contributed by atoms with Gasteiger partial charge in [-0.3, -0.25) is 4.57 Å². The lowest BCUT2D eigenvalue weighted by molar-refractivity contribution is 0.210. The highest BCUT2D eigenvalue weighted by atomic mass is 32.2. The molecule has 1 unspecified atom stereocenters. The first-order valence-electron chi connectivity index (χ1n) is 8.41. The molecule has 0 saturated carbocycles. The van der Waals surface area contributed by atoms with E-state index in [0.29, 0.717) is 34.6 Å². The molecule has 1 heterocycles. The molecule has 0 saturated heterocycles. The normalized spacial score (nSPS) is 12.0. The van der Waals surface area contributed by atoms with Crippen molar-refractivity contribution in [1.29, 1.82) is 0 Å². The van der Waals surface area contributed by atoms with Crippen LogP contribution in [0.1, 0.15) is 24.4 Å². The largest absolute Gasteiger partial charge is 0.483 e. The van der Waals surface area contributed by atoms with Crippen molar-refractivity contribution in [3.8, 4) is 5.75 Å². The Labute approximate surface area is 160 Å². The molecule has 0 radical (unpaired) electrons. The Morgan fingerprint density at radius 2 is 1.89 bits per heavy atom. The predicted molar refractivity (Wildman–Crippen MR) is 102 cm³/mol. The zero-order chi connectivity index (χ0) is 19.2. The van der Waals surface area contributed by atoms with E-state index in [1.807, 2.05) is 11.5 Å². The molecular formula is C20H19F2N3OS. The molecule has 3 aromatic rings. The van der Waals surface area contributed by atoms with Gasteiger partial charge in [0, 0.05) is 12.3 Å². The molecule has 0 aliphatic carbocycles. The van der Waals surface area contributed by atoms with Crippen molar-refractivity contribution in [3.05, 3.63) is 84.2 Å². The Morgan fingerprint density at radius 3 is 2.59 bits per heavy atom. The Balaban J connectivity index is 1.76. The quantitative estimate of drug-likeness (QED) is 0.395. The van der Waals surface area contributed by atoms with Gasteiger partial charge in [-0.25, -0.2) is 8.78 Å². The molecular weight excluding hydrogens is 368 g/mol. The molecule has 27 heavy (non-hydrogen) atoms. The molecule has 4 nitrogen and oxygen atoms in total. The maximum absolute atomic E-state index is 13.8. The highest BCUT2D eigenvalue weighted by Crippen LogP contribution is 2.27. The number of hydrogen-bond donors (Lipinski definition) is 0.